The molecule has 0 radical (unpaired) electrons. The van der Waals surface area contributed by atoms with Crippen molar-refractivity contribution in [3.63, 3.8) is 0 Å². The lowest BCUT2D eigenvalue weighted by molar-refractivity contribution is 0.0640. The summed E-state index contributed by atoms with van der Waals surface area (Å²) in [6, 6.07) is 4.24. The molecule has 0 spiro atoms. The van der Waals surface area contributed by atoms with E-state index >= 15 is 0 Å². The molecule has 0 aliphatic carbocycles. The van der Waals surface area contributed by atoms with Gasteiger partial charge in [0.2, 0.25) is 10.0 Å². The van der Waals surface area contributed by atoms with Gasteiger partial charge in [-0.3, -0.25) is 0 Å². The molecule has 0 bridgehead atoms. The van der Waals surface area contributed by atoms with Crippen molar-refractivity contribution >= 4 is 21.6 Å². The van der Waals surface area contributed by atoms with Gasteiger partial charge in [-0.25, -0.2) is 8.42 Å². The van der Waals surface area contributed by atoms with E-state index in [9.17, 15) is 13.5 Å². The van der Waals surface area contributed by atoms with E-state index in [1.807, 2.05) is 0 Å². The third-order valence-electron chi connectivity index (χ3n) is 2.44. The minimum absolute atomic E-state index is 0.0149. The van der Waals surface area contributed by atoms with Gasteiger partial charge in [0, 0.05) is 13.6 Å². The van der Waals surface area contributed by atoms with Gasteiger partial charge in [0.25, 0.3) is 0 Å². The SMILES string of the molecule is COc1ccc(S(=O)(=O)N(C)CC(C)(C)O)cc1Cl. The number of hydrogen-bond acceptors (Lipinski definition) is 4. The maximum absolute atomic E-state index is 12.3. The number of ether oxygens (including phenoxy) is 1. The second-order valence-electron chi connectivity index (χ2n) is 4.87. The first-order valence-corrected chi connectivity index (χ1v) is 7.42. The summed E-state index contributed by atoms with van der Waals surface area (Å²) in [6.07, 6.45) is 0. The first-order valence-electron chi connectivity index (χ1n) is 5.60. The van der Waals surface area contributed by atoms with E-state index in [1.54, 1.807) is 13.8 Å². The molecular formula is C12H18ClNO4S. The van der Waals surface area contributed by atoms with E-state index < -0.39 is 15.6 Å². The van der Waals surface area contributed by atoms with E-state index in [0.29, 0.717) is 5.75 Å². The van der Waals surface area contributed by atoms with Crippen LogP contribution < -0.4 is 4.74 Å². The van der Waals surface area contributed by atoms with Gasteiger partial charge in [0.15, 0.2) is 0 Å². The lowest BCUT2D eigenvalue weighted by Crippen LogP contribution is -2.39. The molecule has 0 saturated heterocycles. The molecule has 0 aliphatic heterocycles. The van der Waals surface area contributed by atoms with E-state index in [1.165, 1.54) is 32.4 Å². The maximum Gasteiger partial charge on any atom is 0.242 e. The predicted octanol–water partition coefficient (Wildman–Crippen LogP) is 1.74. The molecule has 0 unspecified atom stereocenters. The number of nitrogens with zero attached hydrogens (tertiary/aromatic N) is 1. The van der Waals surface area contributed by atoms with Gasteiger partial charge in [0.1, 0.15) is 5.75 Å². The lowest BCUT2D eigenvalue weighted by Gasteiger charge is -2.25. The molecule has 1 aromatic carbocycles. The second kappa shape index (κ2) is 5.66. The monoisotopic (exact) mass is 307 g/mol. The smallest absolute Gasteiger partial charge is 0.242 e. The van der Waals surface area contributed by atoms with Crippen LogP contribution in [0.2, 0.25) is 5.02 Å². The summed E-state index contributed by atoms with van der Waals surface area (Å²) in [5, 5.41) is 9.91. The molecule has 0 amide bonds. The Kier molecular flexibility index (Phi) is 4.84. The Morgan fingerprint density at radius 1 is 1.42 bits per heavy atom. The van der Waals surface area contributed by atoms with Crippen molar-refractivity contribution < 1.29 is 18.3 Å². The molecule has 1 N–H and O–H groups in total. The predicted molar refractivity (Wildman–Crippen MR) is 74.1 cm³/mol. The summed E-state index contributed by atoms with van der Waals surface area (Å²) in [6.45, 7) is 3.07. The van der Waals surface area contributed by atoms with Crippen molar-refractivity contribution in [2.75, 3.05) is 20.7 Å². The quantitative estimate of drug-likeness (QED) is 0.900. The van der Waals surface area contributed by atoms with Crippen LogP contribution in [0.1, 0.15) is 13.8 Å². The van der Waals surface area contributed by atoms with Gasteiger partial charge in [-0.1, -0.05) is 11.6 Å². The molecule has 1 rings (SSSR count). The number of aliphatic hydroxyl groups is 1. The Balaban J connectivity index is 3.10. The van der Waals surface area contributed by atoms with Gasteiger partial charge in [-0.05, 0) is 32.0 Å². The van der Waals surface area contributed by atoms with Crippen LogP contribution in [0.15, 0.2) is 23.1 Å². The van der Waals surface area contributed by atoms with E-state index in [2.05, 4.69) is 0 Å². The first kappa shape index (κ1) is 16.2. The largest absolute Gasteiger partial charge is 0.495 e. The summed E-state index contributed by atoms with van der Waals surface area (Å²) in [7, 11) is -0.824. The standard InChI is InChI=1S/C12H18ClNO4S/c1-12(2,15)8-14(3)19(16,17)9-5-6-11(18-4)10(13)7-9/h5-7,15H,8H2,1-4H3. The second-order valence-corrected chi connectivity index (χ2v) is 7.32. The average Bonchev–Trinajstić information content (AvgIpc) is 2.26. The van der Waals surface area contributed by atoms with Gasteiger partial charge >= 0.3 is 0 Å². The summed E-state index contributed by atoms with van der Waals surface area (Å²) < 4.78 is 30.6. The van der Waals surface area contributed by atoms with Crippen molar-refractivity contribution in [1.82, 2.24) is 4.31 Å². The minimum atomic E-state index is -3.69. The number of likely N-dealkylation sites (N-methyl/N-ethyl adjacent to an activating group) is 1. The summed E-state index contributed by atoms with van der Waals surface area (Å²) in [5.41, 5.74) is -1.11. The van der Waals surface area contributed by atoms with Crippen molar-refractivity contribution in [3.8, 4) is 5.75 Å². The topological polar surface area (TPSA) is 66.8 Å². The summed E-state index contributed by atoms with van der Waals surface area (Å²) >= 11 is 5.92. The zero-order valence-corrected chi connectivity index (χ0v) is 12.9. The Labute approximate surface area is 118 Å². The number of halogens is 1. The zero-order valence-electron chi connectivity index (χ0n) is 11.3. The Bertz CT molecular complexity index is 551. The Morgan fingerprint density at radius 2 is 2.00 bits per heavy atom. The molecule has 0 aliphatic rings. The Morgan fingerprint density at radius 3 is 2.42 bits per heavy atom. The molecule has 0 atom stereocenters. The number of hydrogen-bond donors (Lipinski definition) is 1. The van der Waals surface area contributed by atoms with Crippen LogP contribution in [0.3, 0.4) is 0 Å². The van der Waals surface area contributed by atoms with E-state index in [0.717, 1.165) is 4.31 Å². The fourth-order valence-corrected chi connectivity index (χ4v) is 3.29. The van der Waals surface area contributed by atoms with Gasteiger partial charge in [-0.2, -0.15) is 4.31 Å². The summed E-state index contributed by atoms with van der Waals surface area (Å²) in [5.74, 6) is 0.408. The lowest BCUT2D eigenvalue weighted by atomic mass is 10.1. The molecule has 5 nitrogen and oxygen atoms in total. The number of methoxy groups -OCH3 is 1. The highest BCUT2D eigenvalue weighted by Gasteiger charge is 2.26. The fourth-order valence-electron chi connectivity index (χ4n) is 1.62. The average molecular weight is 308 g/mol. The number of sulfonamides is 1. The van der Waals surface area contributed by atoms with Crippen molar-refractivity contribution in [2.45, 2.75) is 24.3 Å². The fraction of sp³-hybridized carbons (Fsp3) is 0.500. The molecule has 108 valence electrons. The van der Waals surface area contributed by atoms with Crippen molar-refractivity contribution in [2.24, 2.45) is 0 Å². The van der Waals surface area contributed by atoms with E-state index in [4.69, 9.17) is 16.3 Å². The molecule has 7 heteroatoms. The van der Waals surface area contributed by atoms with Gasteiger partial charge in [0.05, 0.1) is 22.6 Å². The van der Waals surface area contributed by atoms with Crippen LogP contribution in [0.5, 0.6) is 5.75 Å². The molecule has 1 aromatic rings. The van der Waals surface area contributed by atoms with Gasteiger partial charge < -0.3 is 9.84 Å². The highest BCUT2D eigenvalue weighted by atomic mass is 35.5. The first-order chi connectivity index (χ1) is 8.58. The molecule has 19 heavy (non-hydrogen) atoms. The maximum atomic E-state index is 12.3. The summed E-state index contributed by atoms with van der Waals surface area (Å²) in [4.78, 5) is 0.0602. The van der Waals surface area contributed by atoms with Crippen LogP contribution in [-0.4, -0.2) is 44.1 Å². The molecule has 0 saturated carbocycles. The molecule has 0 heterocycles. The number of benzene rings is 1. The zero-order chi connectivity index (χ0) is 14.8. The third-order valence-corrected chi connectivity index (χ3v) is 4.54. The highest BCUT2D eigenvalue weighted by molar-refractivity contribution is 7.89. The van der Waals surface area contributed by atoms with Crippen LogP contribution >= 0.6 is 11.6 Å². The van der Waals surface area contributed by atoms with Crippen molar-refractivity contribution in [1.29, 1.82) is 0 Å². The third kappa shape index (κ3) is 4.07. The van der Waals surface area contributed by atoms with Gasteiger partial charge in [-0.15, -0.1) is 0 Å². The molecular weight excluding hydrogens is 290 g/mol. The van der Waals surface area contributed by atoms with Crippen LogP contribution in [-0.2, 0) is 10.0 Å². The van der Waals surface area contributed by atoms with Crippen molar-refractivity contribution in [3.05, 3.63) is 23.2 Å². The minimum Gasteiger partial charge on any atom is -0.495 e. The van der Waals surface area contributed by atoms with Crippen LogP contribution in [0.4, 0.5) is 0 Å². The normalized spacial score (nSPS) is 12.8. The highest BCUT2D eigenvalue weighted by Crippen LogP contribution is 2.28. The van der Waals surface area contributed by atoms with Crippen LogP contribution in [0, 0.1) is 0 Å². The van der Waals surface area contributed by atoms with E-state index in [-0.39, 0.29) is 16.5 Å². The molecule has 0 fully saturated rings. The number of rotatable bonds is 5. The molecule has 0 aromatic heterocycles. The van der Waals surface area contributed by atoms with Crippen LogP contribution in [0.25, 0.3) is 0 Å². The Hall–Kier alpha value is -0.820.